The Morgan fingerprint density at radius 3 is 2.46 bits per heavy atom. The van der Waals surface area contributed by atoms with Gasteiger partial charge in [-0.25, -0.2) is 0 Å². The molecule has 0 aliphatic carbocycles. The van der Waals surface area contributed by atoms with Crippen LogP contribution in [0.15, 0.2) is 54.6 Å². The van der Waals surface area contributed by atoms with Crippen molar-refractivity contribution in [1.29, 1.82) is 0 Å². The summed E-state index contributed by atoms with van der Waals surface area (Å²) in [4.78, 5) is 17.2. The monoisotopic (exact) mass is 400 g/mol. The average molecular weight is 401 g/mol. The summed E-state index contributed by atoms with van der Waals surface area (Å²) in [5.41, 5.74) is 1.07. The van der Waals surface area contributed by atoms with Gasteiger partial charge in [-0.15, -0.1) is 0 Å². The van der Waals surface area contributed by atoms with Crippen LogP contribution < -0.4 is 4.74 Å². The highest BCUT2D eigenvalue weighted by atomic mass is 35.5. The molecule has 3 rings (SSSR count). The van der Waals surface area contributed by atoms with Gasteiger partial charge < -0.3 is 14.5 Å². The number of rotatable bonds is 8. The average Bonchev–Trinajstić information content (AvgIpc) is 2.72. The maximum atomic E-state index is 12.9. The minimum atomic E-state index is 0.00387. The number of hydrogen-bond donors (Lipinski definition) is 0. The molecule has 5 heteroatoms. The van der Waals surface area contributed by atoms with Gasteiger partial charge in [-0.05, 0) is 61.7 Å². The van der Waals surface area contributed by atoms with Gasteiger partial charge in [-0.3, -0.25) is 4.79 Å². The van der Waals surface area contributed by atoms with Gasteiger partial charge >= 0.3 is 0 Å². The minimum Gasteiger partial charge on any atom is -0.484 e. The van der Waals surface area contributed by atoms with Crippen LogP contribution in [0, 0.1) is 5.92 Å². The van der Waals surface area contributed by atoms with E-state index in [4.69, 9.17) is 16.3 Å². The Kier molecular flexibility index (Phi) is 7.75. The molecule has 1 heterocycles. The summed E-state index contributed by atoms with van der Waals surface area (Å²) in [6, 6.07) is 17.2. The van der Waals surface area contributed by atoms with E-state index >= 15 is 0 Å². The van der Waals surface area contributed by atoms with Crippen molar-refractivity contribution in [3.05, 3.63) is 65.2 Å². The summed E-state index contributed by atoms with van der Waals surface area (Å²) in [5.74, 6) is 1.53. The Morgan fingerprint density at radius 2 is 1.79 bits per heavy atom. The Bertz CT molecular complexity index is 728. The highest BCUT2D eigenvalue weighted by Gasteiger charge is 2.19. The van der Waals surface area contributed by atoms with Crippen LogP contribution in [0.5, 0.6) is 5.75 Å². The van der Waals surface area contributed by atoms with E-state index in [2.05, 4.69) is 11.8 Å². The van der Waals surface area contributed by atoms with E-state index in [9.17, 15) is 4.79 Å². The molecule has 0 saturated carbocycles. The van der Waals surface area contributed by atoms with Crippen molar-refractivity contribution in [2.45, 2.75) is 26.3 Å². The van der Waals surface area contributed by atoms with Crippen LogP contribution in [-0.2, 0) is 11.3 Å². The van der Waals surface area contributed by atoms with Crippen LogP contribution >= 0.6 is 11.6 Å². The van der Waals surface area contributed by atoms with Crippen LogP contribution in [0.3, 0.4) is 0 Å². The third-order valence-corrected chi connectivity index (χ3v) is 5.56. The summed E-state index contributed by atoms with van der Waals surface area (Å²) in [7, 11) is 0. The van der Waals surface area contributed by atoms with Gasteiger partial charge in [0, 0.05) is 24.7 Å². The second-order valence-electron chi connectivity index (χ2n) is 7.57. The number of nitrogens with zero attached hydrogens (tertiary/aromatic N) is 2. The van der Waals surface area contributed by atoms with Crippen molar-refractivity contribution in [1.82, 2.24) is 9.80 Å². The lowest BCUT2D eigenvalue weighted by Gasteiger charge is -2.32. The second-order valence-corrected chi connectivity index (χ2v) is 8.00. The van der Waals surface area contributed by atoms with Crippen molar-refractivity contribution in [2.24, 2.45) is 5.92 Å². The molecular formula is C23H29ClN2O2. The van der Waals surface area contributed by atoms with Gasteiger partial charge in [0.1, 0.15) is 5.75 Å². The molecule has 150 valence electrons. The van der Waals surface area contributed by atoms with Gasteiger partial charge in [0.2, 0.25) is 0 Å². The summed E-state index contributed by atoms with van der Waals surface area (Å²) >= 11 is 6.00. The van der Waals surface area contributed by atoms with Crippen molar-refractivity contribution in [3.63, 3.8) is 0 Å². The zero-order valence-electron chi connectivity index (χ0n) is 16.5. The van der Waals surface area contributed by atoms with Crippen LogP contribution in [0.1, 0.15) is 25.3 Å². The predicted octanol–water partition coefficient (Wildman–Crippen LogP) is 4.48. The van der Waals surface area contributed by atoms with Crippen molar-refractivity contribution >= 4 is 17.5 Å². The summed E-state index contributed by atoms with van der Waals surface area (Å²) in [6.07, 6.45) is 2.48. The molecule has 1 aliphatic heterocycles. The molecule has 4 nitrogen and oxygen atoms in total. The van der Waals surface area contributed by atoms with E-state index in [1.54, 1.807) is 0 Å². The molecule has 1 fully saturated rings. The first-order valence-electron chi connectivity index (χ1n) is 10.0. The number of amides is 1. The normalized spacial score (nSPS) is 15.4. The number of likely N-dealkylation sites (tertiary alicyclic amines) is 1. The van der Waals surface area contributed by atoms with E-state index in [0.29, 0.717) is 23.9 Å². The van der Waals surface area contributed by atoms with Crippen molar-refractivity contribution in [2.75, 3.05) is 32.8 Å². The molecule has 0 aromatic heterocycles. The maximum absolute atomic E-state index is 12.9. The van der Waals surface area contributed by atoms with Crippen LogP contribution in [0.25, 0.3) is 0 Å². The fourth-order valence-corrected chi connectivity index (χ4v) is 3.53. The first-order chi connectivity index (χ1) is 13.6. The summed E-state index contributed by atoms with van der Waals surface area (Å²) in [6.45, 7) is 6.77. The van der Waals surface area contributed by atoms with E-state index in [-0.39, 0.29) is 12.5 Å². The number of carbonyl (C=O) groups is 1. The largest absolute Gasteiger partial charge is 0.484 e. The fraction of sp³-hybridized carbons (Fsp3) is 0.435. The maximum Gasteiger partial charge on any atom is 0.260 e. The Labute approximate surface area is 173 Å². The molecule has 0 unspecified atom stereocenters. The Hall–Kier alpha value is -2.04. The van der Waals surface area contributed by atoms with E-state index in [0.717, 1.165) is 31.1 Å². The predicted molar refractivity (Wildman–Crippen MR) is 114 cm³/mol. The molecule has 0 N–H and O–H groups in total. The topological polar surface area (TPSA) is 32.8 Å². The number of carbonyl (C=O) groups excluding carboxylic acids is 1. The molecule has 1 amide bonds. The first-order valence-corrected chi connectivity index (χ1v) is 10.4. The fourth-order valence-electron chi connectivity index (χ4n) is 3.40. The minimum absolute atomic E-state index is 0.00387. The van der Waals surface area contributed by atoms with Crippen LogP contribution in [-0.4, -0.2) is 48.5 Å². The van der Waals surface area contributed by atoms with Gasteiger partial charge in [0.25, 0.3) is 5.91 Å². The molecule has 0 spiro atoms. The lowest BCUT2D eigenvalue weighted by molar-refractivity contribution is -0.134. The molecule has 0 atom stereocenters. The quantitative estimate of drug-likeness (QED) is 0.655. The number of piperidine rings is 1. The lowest BCUT2D eigenvalue weighted by atomic mass is 9.99. The molecule has 2 aromatic rings. The zero-order chi connectivity index (χ0) is 19.8. The Balaban J connectivity index is 1.59. The smallest absolute Gasteiger partial charge is 0.260 e. The standard InChI is InChI=1S/C23H29ClN2O2/c1-19-11-13-25(14-12-19)15-16-26(17-20-7-9-21(24)10-8-20)23(27)18-28-22-5-3-2-4-6-22/h2-10,19H,11-18H2,1H3. The molecule has 1 aliphatic rings. The van der Waals surface area contributed by atoms with Crippen LogP contribution in [0.4, 0.5) is 0 Å². The SMILES string of the molecule is CC1CCN(CCN(Cc2ccc(Cl)cc2)C(=O)COc2ccccc2)CC1. The molecule has 0 radical (unpaired) electrons. The Morgan fingerprint density at radius 1 is 1.11 bits per heavy atom. The van der Waals surface area contributed by atoms with Crippen molar-refractivity contribution in [3.8, 4) is 5.75 Å². The highest BCUT2D eigenvalue weighted by molar-refractivity contribution is 6.30. The van der Waals surface area contributed by atoms with Gasteiger partial charge in [-0.1, -0.05) is 48.9 Å². The molecular weight excluding hydrogens is 372 g/mol. The molecule has 0 bridgehead atoms. The number of halogens is 1. The molecule has 1 saturated heterocycles. The summed E-state index contributed by atoms with van der Waals surface area (Å²) < 4.78 is 5.69. The highest BCUT2D eigenvalue weighted by Crippen LogP contribution is 2.17. The van der Waals surface area contributed by atoms with E-state index in [1.807, 2.05) is 59.5 Å². The van der Waals surface area contributed by atoms with Crippen molar-refractivity contribution < 1.29 is 9.53 Å². The third kappa shape index (κ3) is 6.54. The third-order valence-electron chi connectivity index (χ3n) is 5.31. The molecule has 28 heavy (non-hydrogen) atoms. The number of ether oxygens (including phenoxy) is 1. The van der Waals surface area contributed by atoms with Crippen LogP contribution in [0.2, 0.25) is 5.02 Å². The first kappa shape index (κ1) is 20.7. The van der Waals surface area contributed by atoms with E-state index in [1.165, 1.54) is 12.8 Å². The summed E-state index contributed by atoms with van der Waals surface area (Å²) in [5, 5.41) is 0.705. The number of hydrogen-bond acceptors (Lipinski definition) is 3. The van der Waals surface area contributed by atoms with E-state index < -0.39 is 0 Å². The second kappa shape index (κ2) is 10.5. The lowest BCUT2D eigenvalue weighted by Crippen LogP contribution is -2.42. The van der Waals surface area contributed by atoms with Gasteiger partial charge in [0.15, 0.2) is 6.61 Å². The zero-order valence-corrected chi connectivity index (χ0v) is 17.3. The van der Waals surface area contributed by atoms with Gasteiger partial charge in [-0.2, -0.15) is 0 Å². The molecule has 2 aromatic carbocycles. The number of benzene rings is 2. The van der Waals surface area contributed by atoms with Gasteiger partial charge in [0.05, 0.1) is 0 Å². The number of para-hydroxylation sites is 1.